The van der Waals surface area contributed by atoms with Gasteiger partial charge in [-0.05, 0) is 59.0 Å². The van der Waals surface area contributed by atoms with E-state index in [-0.39, 0.29) is 29.2 Å². The lowest BCUT2D eigenvalue weighted by atomic mass is 9.96. The zero-order chi connectivity index (χ0) is 29.5. The number of hydrogen-bond donors (Lipinski definition) is 2. The number of nitrogens with one attached hydrogen (secondary N) is 2. The van der Waals surface area contributed by atoms with Gasteiger partial charge in [-0.3, -0.25) is 19.1 Å². The molecule has 0 bridgehead atoms. The number of rotatable bonds is 10. The molecule has 0 spiro atoms. The summed E-state index contributed by atoms with van der Waals surface area (Å²) in [6.45, 7) is 3.66. The van der Waals surface area contributed by atoms with Crippen LogP contribution in [0.4, 0.5) is 10.2 Å². The minimum Gasteiger partial charge on any atom is -0.497 e. The van der Waals surface area contributed by atoms with Crippen LogP contribution < -0.4 is 21.3 Å². The molecule has 2 aromatic carbocycles. The molecule has 0 aliphatic heterocycles. The van der Waals surface area contributed by atoms with E-state index in [1.807, 2.05) is 30.3 Å². The molecular weight excluding hydrogens is 525 g/mol. The summed E-state index contributed by atoms with van der Waals surface area (Å²) < 4.78 is 20.9. The van der Waals surface area contributed by atoms with Crippen molar-refractivity contribution in [3.63, 3.8) is 0 Å². The van der Waals surface area contributed by atoms with Crippen molar-refractivity contribution in [3.8, 4) is 11.8 Å². The molecule has 9 nitrogen and oxygen atoms in total. The van der Waals surface area contributed by atoms with Gasteiger partial charge in [0, 0.05) is 23.7 Å². The smallest absolute Gasteiger partial charge is 0.329 e. The fourth-order valence-corrected chi connectivity index (χ4v) is 4.42. The van der Waals surface area contributed by atoms with Crippen molar-refractivity contribution in [2.45, 2.75) is 32.9 Å². The van der Waals surface area contributed by atoms with Crippen LogP contribution >= 0.6 is 0 Å². The highest BCUT2D eigenvalue weighted by Gasteiger charge is 2.25. The number of methoxy groups -OCH3 is 1. The Labute approximate surface area is 235 Å². The van der Waals surface area contributed by atoms with Gasteiger partial charge in [-0.2, -0.15) is 9.65 Å². The second kappa shape index (κ2) is 12.7. The molecule has 0 fully saturated rings. The number of H-pyrrole nitrogens is 1. The number of aromatic amines is 1. The van der Waals surface area contributed by atoms with Gasteiger partial charge >= 0.3 is 5.69 Å². The Morgan fingerprint density at radius 2 is 1.90 bits per heavy atom. The lowest BCUT2D eigenvalue weighted by Crippen LogP contribution is -2.38. The Balaban J connectivity index is 1.73. The Morgan fingerprint density at radius 1 is 1.15 bits per heavy atom. The van der Waals surface area contributed by atoms with Crippen LogP contribution in [0.5, 0.6) is 5.75 Å². The van der Waals surface area contributed by atoms with Crippen molar-refractivity contribution in [2.24, 2.45) is 0 Å². The summed E-state index contributed by atoms with van der Waals surface area (Å²) in [5, 5.41) is 11.9. The first-order valence-corrected chi connectivity index (χ1v) is 12.8. The van der Waals surface area contributed by atoms with Crippen LogP contribution in [0, 0.1) is 17.3 Å². The molecule has 41 heavy (non-hydrogen) atoms. The van der Waals surface area contributed by atoms with Gasteiger partial charge in [-0.1, -0.05) is 44.2 Å². The Hall–Kier alpha value is -5.30. The minimum atomic E-state index is -0.798. The second-order valence-electron chi connectivity index (χ2n) is 9.56. The average Bonchev–Trinajstić information content (AvgIpc) is 2.95. The summed E-state index contributed by atoms with van der Waals surface area (Å²) in [7, 11) is 1.58. The predicted molar refractivity (Wildman–Crippen MR) is 154 cm³/mol. The minimum absolute atomic E-state index is 0.0832. The Kier molecular flexibility index (Phi) is 8.89. The number of ketones is 1. The lowest BCUT2D eigenvalue weighted by Gasteiger charge is -2.18. The van der Waals surface area contributed by atoms with Gasteiger partial charge in [-0.25, -0.2) is 9.78 Å². The van der Waals surface area contributed by atoms with E-state index in [2.05, 4.69) is 15.3 Å². The van der Waals surface area contributed by atoms with Crippen LogP contribution in [-0.4, -0.2) is 27.4 Å². The third-order valence-electron chi connectivity index (χ3n) is 6.35. The fraction of sp³-hybridized carbons (Fsp3) is 0.194. The zero-order valence-corrected chi connectivity index (χ0v) is 22.8. The number of carbonyl (C=O) groups is 1. The molecule has 0 atom stereocenters. The molecule has 0 amide bonds. The van der Waals surface area contributed by atoms with Crippen LogP contribution in [0.15, 0.2) is 76.3 Å². The molecule has 2 aromatic heterocycles. The SMILES string of the molecule is COc1ccc(CNc2cc(Cn3c(C(=O)c4cccc(/C=C/C#N)c4)c(C(C)C)c(=O)[nH]c3=O)cc(F)n2)cc1. The first kappa shape index (κ1) is 28.7. The molecule has 208 valence electrons. The summed E-state index contributed by atoms with van der Waals surface area (Å²) in [6, 6.07) is 18.5. The molecule has 0 aliphatic carbocycles. The van der Waals surface area contributed by atoms with Gasteiger partial charge in [0.25, 0.3) is 5.56 Å². The molecule has 4 aromatic rings. The number of anilines is 1. The van der Waals surface area contributed by atoms with E-state index in [0.29, 0.717) is 23.4 Å². The molecule has 0 saturated heterocycles. The Bertz CT molecular complexity index is 1770. The van der Waals surface area contributed by atoms with Crippen molar-refractivity contribution in [2.75, 3.05) is 12.4 Å². The van der Waals surface area contributed by atoms with Crippen LogP contribution in [0.2, 0.25) is 0 Å². The summed E-state index contributed by atoms with van der Waals surface area (Å²) in [4.78, 5) is 46.0. The molecule has 0 saturated carbocycles. The highest BCUT2D eigenvalue weighted by molar-refractivity contribution is 6.09. The summed E-state index contributed by atoms with van der Waals surface area (Å²) in [5.74, 6) is -0.769. The first-order valence-electron chi connectivity index (χ1n) is 12.8. The number of carbonyl (C=O) groups excluding carboxylic acids is 1. The van der Waals surface area contributed by atoms with Crippen molar-refractivity contribution >= 4 is 17.7 Å². The van der Waals surface area contributed by atoms with Crippen molar-refractivity contribution in [1.82, 2.24) is 14.5 Å². The third-order valence-corrected chi connectivity index (χ3v) is 6.35. The van der Waals surface area contributed by atoms with Crippen LogP contribution in [0.25, 0.3) is 6.08 Å². The molecule has 0 aliphatic rings. The maximum absolute atomic E-state index is 14.6. The van der Waals surface area contributed by atoms with Crippen LogP contribution in [0.1, 0.15) is 58.1 Å². The highest BCUT2D eigenvalue weighted by Crippen LogP contribution is 2.21. The fourth-order valence-electron chi connectivity index (χ4n) is 4.42. The van der Waals surface area contributed by atoms with Gasteiger partial charge in [-0.15, -0.1) is 0 Å². The molecule has 0 unspecified atom stereocenters. The number of benzene rings is 2. The standard InChI is InChI=1S/C31H28FN5O4/c1-19(2)27-28(29(38)23-8-4-6-20(14-23)7-5-13-33)37(31(40)36-30(27)39)18-22-15-25(32)35-26(16-22)34-17-21-9-11-24(41-3)12-10-21/h4-12,14-16,19H,17-18H2,1-3H3,(H,34,35)(H,36,39,40)/b7-5+. The van der Waals surface area contributed by atoms with E-state index in [0.717, 1.165) is 10.1 Å². The van der Waals surface area contributed by atoms with Crippen molar-refractivity contribution in [1.29, 1.82) is 5.26 Å². The molecule has 2 N–H and O–H groups in total. The van der Waals surface area contributed by atoms with E-state index in [1.54, 1.807) is 57.4 Å². The van der Waals surface area contributed by atoms with Crippen LogP contribution in [0.3, 0.4) is 0 Å². The largest absolute Gasteiger partial charge is 0.497 e. The second-order valence-corrected chi connectivity index (χ2v) is 9.56. The number of hydrogen-bond acceptors (Lipinski definition) is 7. The summed E-state index contributed by atoms with van der Waals surface area (Å²) >= 11 is 0. The number of ether oxygens (including phenoxy) is 1. The van der Waals surface area contributed by atoms with E-state index in [1.165, 1.54) is 12.1 Å². The van der Waals surface area contributed by atoms with E-state index < -0.39 is 28.9 Å². The highest BCUT2D eigenvalue weighted by atomic mass is 19.1. The van der Waals surface area contributed by atoms with Crippen LogP contribution in [-0.2, 0) is 13.1 Å². The molecular formula is C31H28FN5O4. The van der Waals surface area contributed by atoms with Gasteiger partial charge in [0.1, 0.15) is 17.3 Å². The maximum atomic E-state index is 14.6. The van der Waals surface area contributed by atoms with Gasteiger partial charge in [0.15, 0.2) is 0 Å². The number of allylic oxidation sites excluding steroid dienone is 1. The average molecular weight is 554 g/mol. The first-order chi connectivity index (χ1) is 19.7. The number of nitriles is 1. The maximum Gasteiger partial charge on any atom is 0.329 e. The van der Waals surface area contributed by atoms with E-state index >= 15 is 0 Å². The molecule has 2 heterocycles. The molecule has 10 heteroatoms. The number of aromatic nitrogens is 3. The Morgan fingerprint density at radius 3 is 2.59 bits per heavy atom. The quantitative estimate of drug-likeness (QED) is 0.166. The monoisotopic (exact) mass is 553 g/mol. The number of pyridine rings is 1. The van der Waals surface area contributed by atoms with Crippen molar-refractivity contribution < 1.29 is 13.9 Å². The van der Waals surface area contributed by atoms with E-state index in [4.69, 9.17) is 10.00 Å². The molecule has 4 rings (SSSR count). The van der Waals surface area contributed by atoms with Crippen molar-refractivity contribution in [3.05, 3.63) is 127 Å². The number of halogens is 1. The number of nitrogens with zero attached hydrogens (tertiary/aromatic N) is 3. The molecule has 0 radical (unpaired) electrons. The van der Waals surface area contributed by atoms with E-state index in [9.17, 15) is 18.8 Å². The predicted octanol–water partition coefficient (Wildman–Crippen LogP) is 4.63. The lowest BCUT2D eigenvalue weighted by molar-refractivity contribution is 0.102. The van der Waals surface area contributed by atoms with Gasteiger partial charge in [0.05, 0.1) is 19.7 Å². The topological polar surface area (TPSA) is 130 Å². The summed E-state index contributed by atoms with van der Waals surface area (Å²) in [5.41, 5.74) is 0.704. The third kappa shape index (κ3) is 6.83. The van der Waals surface area contributed by atoms with Gasteiger partial charge in [0.2, 0.25) is 11.7 Å². The normalized spacial score (nSPS) is 11.0. The zero-order valence-electron chi connectivity index (χ0n) is 22.8. The van der Waals surface area contributed by atoms with Gasteiger partial charge < -0.3 is 10.1 Å². The summed E-state index contributed by atoms with van der Waals surface area (Å²) in [6.07, 6.45) is 2.83.